The number of anilines is 1. The minimum Gasteiger partial charge on any atom is -0.468 e. The van der Waals surface area contributed by atoms with E-state index in [1.165, 1.54) is 6.33 Å². The topological polar surface area (TPSA) is 101 Å². The van der Waals surface area contributed by atoms with Crippen molar-refractivity contribution in [2.24, 2.45) is 0 Å². The van der Waals surface area contributed by atoms with Crippen molar-refractivity contribution in [2.45, 2.75) is 18.9 Å². The van der Waals surface area contributed by atoms with Gasteiger partial charge in [0.15, 0.2) is 11.5 Å². The number of aliphatic hydroxyl groups is 1. The van der Waals surface area contributed by atoms with Gasteiger partial charge in [0.25, 0.3) is 0 Å². The van der Waals surface area contributed by atoms with Gasteiger partial charge in [0.1, 0.15) is 23.8 Å². The maximum absolute atomic E-state index is 9.61. The first-order chi connectivity index (χ1) is 12.3. The van der Waals surface area contributed by atoms with Gasteiger partial charge in [-0.25, -0.2) is 15.0 Å². The highest BCUT2D eigenvalue weighted by molar-refractivity contribution is 5.82. The molecular weight excluding hydrogens is 324 g/mol. The number of furan rings is 1. The number of fused-ring (bicyclic) bond motifs is 1. The van der Waals surface area contributed by atoms with E-state index in [-0.39, 0.29) is 18.9 Å². The Morgan fingerprint density at radius 2 is 2.24 bits per heavy atom. The van der Waals surface area contributed by atoms with Crippen molar-refractivity contribution >= 4 is 17.0 Å². The molecule has 132 valence electrons. The lowest BCUT2D eigenvalue weighted by Crippen LogP contribution is -2.46. The van der Waals surface area contributed by atoms with Gasteiger partial charge in [-0.2, -0.15) is 0 Å². The molecule has 0 aliphatic carbocycles. The van der Waals surface area contributed by atoms with E-state index in [4.69, 9.17) is 9.15 Å². The van der Waals surface area contributed by atoms with Crippen LogP contribution in [-0.4, -0.2) is 62.4 Å². The Balaban J connectivity index is 1.62. The number of nitrogens with one attached hydrogen (secondary N) is 1. The third kappa shape index (κ3) is 3.09. The smallest absolute Gasteiger partial charge is 0.167 e. The number of aliphatic hydroxyl groups excluding tert-OH is 1. The maximum Gasteiger partial charge on any atom is 0.167 e. The Labute approximate surface area is 144 Å². The molecule has 1 aliphatic rings. The molecule has 4 heterocycles. The molecule has 2 N–H and O–H groups in total. The average Bonchev–Trinajstić information content (AvgIpc) is 3.30. The fourth-order valence-corrected chi connectivity index (χ4v) is 3.14. The molecule has 25 heavy (non-hydrogen) atoms. The molecule has 0 spiro atoms. The van der Waals surface area contributed by atoms with Crippen LogP contribution in [0.4, 0.5) is 5.82 Å². The van der Waals surface area contributed by atoms with Crippen molar-refractivity contribution in [3.63, 3.8) is 0 Å². The summed E-state index contributed by atoms with van der Waals surface area (Å²) in [6.07, 6.45) is 4.29. The quantitative estimate of drug-likeness (QED) is 0.702. The summed E-state index contributed by atoms with van der Waals surface area (Å²) in [6, 6.07) is 3.81. The lowest BCUT2D eigenvalue weighted by atomic mass is 10.2. The molecule has 0 saturated carbocycles. The Morgan fingerprint density at radius 3 is 3.00 bits per heavy atom. The van der Waals surface area contributed by atoms with Crippen molar-refractivity contribution in [2.75, 3.05) is 32.1 Å². The second-order valence-corrected chi connectivity index (χ2v) is 5.97. The highest BCUT2D eigenvalue weighted by atomic mass is 16.5. The van der Waals surface area contributed by atoms with E-state index in [9.17, 15) is 5.11 Å². The van der Waals surface area contributed by atoms with Gasteiger partial charge in [-0.3, -0.25) is 9.47 Å². The van der Waals surface area contributed by atoms with Crippen molar-refractivity contribution < 1.29 is 14.3 Å². The fourth-order valence-electron chi connectivity index (χ4n) is 3.14. The number of hydrogen-bond donors (Lipinski definition) is 2. The Hall–Kier alpha value is -2.49. The number of morpholine rings is 1. The summed E-state index contributed by atoms with van der Waals surface area (Å²) in [5.74, 6) is 1.55. The molecular formula is C16H20N6O3. The van der Waals surface area contributed by atoms with Gasteiger partial charge in [-0.1, -0.05) is 0 Å². The number of rotatable bonds is 5. The second kappa shape index (κ2) is 6.79. The zero-order chi connectivity index (χ0) is 17.2. The highest BCUT2D eigenvalue weighted by Crippen LogP contribution is 2.26. The Kier molecular flexibility index (Phi) is 4.35. The van der Waals surface area contributed by atoms with Gasteiger partial charge >= 0.3 is 0 Å². The number of ether oxygens (including phenoxy) is 1. The SMILES string of the molecule is CNc1ncnc2c1ncn2[C@H]1CN(Cc2ccco2)C[C@@H](CO)O1. The molecule has 1 fully saturated rings. The summed E-state index contributed by atoms with van der Waals surface area (Å²) in [6.45, 7) is 1.89. The Bertz CT molecular complexity index is 834. The van der Waals surface area contributed by atoms with E-state index >= 15 is 0 Å². The normalized spacial score (nSPS) is 21.7. The van der Waals surface area contributed by atoms with E-state index in [0.29, 0.717) is 36.6 Å². The highest BCUT2D eigenvalue weighted by Gasteiger charge is 2.30. The average molecular weight is 344 g/mol. The number of nitrogens with zero attached hydrogens (tertiary/aromatic N) is 5. The number of hydrogen-bond acceptors (Lipinski definition) is 8. The standard InChI is InChI=1S/C16H20N6O3/c1-17-15-14-16(19-9-18-15)22(10-20-14)13-7-21(6-12(8-23)25-13)5-11-3-2-4-24-11/h2-4,9-10,12-13,23H,5-8H2,1H3,(H,17,18,19)/t12-,13+/m0/s1. The lowest BCUT2D eigenvalue weighted by Gasteiger charge is -2.37. The van der Waals surface area contributed by atoms with Gasteiger partial charge in [0.2, 0.25) is 0 Å². The molecule has 4 rings (SSSR count). The van der Waals surface area contributed by atoms with Crippen LogP contribution in [0.2, 0.25) is 0 Å². The van der Waals surface area contributed by atoms with Crippen LogP contribution in [0.5, 0.6) is 0 Å². The van der Waals surface area contributed by atoms with Gasteiger partial charge in [-0.15, -0.1) is 0 Å². The summed E-state index contributed by atoms with van der Waals surface area (Å²) in [5.41, 5.74) is 1.39. The molecule has 0 bridgehead atoms. The number of imidazole rings is 1. The summed E-state index contributed by atoms with van der Waals surface area (Å²) in [4.78, 5) is 15.1. The lowest BCUT2D eigenvalue weighted by molar-refractivity contribution is -0.136. The molecule has 9 nitrogen and oxygen atoms in total. The van der Waals surface area contributed by atoms with Crippen LogP contribution in [0.25, 0.3) is 11.2 Å². The third-order valence-electron chi connectivity index (χ3n) is 4.29. The predicted molar refractivity (Wildman–Crippen MR) is 89.9 cm³/mol. The van der Waals surface area contributed by atoms with Crippen LogP contribution in [-0.2, 0) is 11.3 Å². The molecule has 3 aromatic rings. The Morgan fingerprint density at radius 1 is 1.32 bits per heavy atom. The van der Waals surface area contributed by atoms with E-state index < -0.39 is 0 Å². The van der Waals surface area contributed by atoms with E-state index in [0.717, 1.165) is 5.76 Å². The second-order valence-electron chi connectivity index (χ2n) is 5.97. The summed E-state index contributed by atoms with van der Waals surface area (Å²) in [7, 11) is 1.80. The molecule has 9 heteroatoms. The maximum atomic E-state index is 9.61. The van der Waals surface area contributed by atoms with Crippen LogP contribution in [0.3, 0.4) is 0 Å². The summed E-state index contributed by atoms with van der Waals surface area (Å²) in [5, 5.41) is 12.6. The molecule has 1 aliphatic heterocycles. The van der Waals surface area contributed by atoms with Crippen molar-refractivity contribution in [3.8, 4) is 0 Å². The molecule has 0 radical (unpaired) electrons. The zero-order valence-electron chi connectivity index (χ0n) is 13.9. The van der Waals surface area contributed by atoms with Crippen LogP contribution < -0.4 is 5.32 Å². The third-order valence-corrected chi connectivity index (χ3v) is 4.29. The predicted octanol–water partition coefficient (Wildman–Crippen LogP) is 0.853. The van der Waals surface area contributed by atoms with Crippen LogP contribution >= 0.6 is 0 Å². The van der Waals surface area contributed by atoms with Gasteiger partial charge in [-0.05, 0) is 12.1 Å². The van der Waals surface area contributed by atoms with Crippen molar-refractivity contribution in [1.29, 1.82) is 0 Å². The first kappa shape index (κ1) is 16.0. The molecule has 0 unspecified atom stereocenters. The number of aromatic nitrogens is 4. The molecule has 1 saturated heterocycles. The van der Waals surface area contributed by atoms with Crippen molar-refractivity contribution in [1.82, 2.24) is 24.4 Å². The first-order valence-electron chi connectivity index (χ1n) is 8.15. The fraction of sp³-hybridized carbons (Fsp3) is 0.438. The minimum atomic E-state index is -0.300. The zero-order valence-corrected chi connectivity index (χ0v) is 13.9. The van der Waals surface area contributed by atoms with Gasteiger partial charge in [0, 0.05) is 20.1 Å². The van der Waals surface area contributed by atoms with Gasteiger partial charge in [0.05, 0.1) is 31.8 Å². The molecule has 3 aromatic heterocycles. The first-order valence-corrected chi connectivity index (χ1v) is 8.15. The van der Waals surface area contributed by atoms with Crippen LogP contribution in [0.1, 0.15) is 12.0 Å². The van der Waals surface area contributed by atoms with Crippen LogP contribution in [0, 0.1) is 0 Å². The summed E-state index contributed by atoms with van der Waals surface area (Å²) >= 11 is 0. The van der Waals surface area contributed by atoms with Gasteiger partial charge < -0.3 is 19.6 Å². The van der Waals surface area contributed by atoms with Crippen molar-refractivity contribution in [3.05, 3.63) is 36.8 Å². The van der Waals surface area contributed by atoms with Crippen LogP contribution in [0.15, 0.2) is 35.5 Å². The minimum absolute atomic E-state index is 0.0471. The molecule has 0 amide bonds. The molecule has 0 aromatic carbocycles. The largest absolute Gasteiger partial charge is 0.468 e. The van der Waals surface area contributed by atoms with E-state index in [2.05, 4.69) is 25.2 Å². The molecule has 2 atom stereocenters. The van der Waals surface area contributed by atoms with E-state index in [1.807, 2.05) is 16.7 Å². The van der Waals surface area contributed by atoms with E-state index in [1.54, 1.807) is 19.6 Å². The monoisotopic (exact) mass is 344 g/mol. The summed E-state index contributed by atoms with van der Waals surface area (Å²) < 4.78 is 13.4.